The highest BCUT2D eigenvalue weighted by Crippen LogP contribution is 2.41. The van der Waals surface area contributed by atoms with Gasteiger partial charge in [-0.3, -0.25) is 0 Å². The minimum Gasteiger partial charge on any atom is -0.308 e. The van der Waals surface area contributed by atoms with Gasteiger partial charge in [-0.15, -0.1) is 0 Å². The Morgan fingerprint density at radius 1 is 0.309 bits per heavy atom. The number of para-hydroxylation sites is 1. The van der Waals surface area contributed by atoms with Crippen LogP contribution < -0.4 is 0 Å². The summed E-state index contributed by atoms with van der Waals surface area (Å²) < 4.78 is 2.40. The molecule has 4 heteroatoms. The minimum atomic E-state index is 0.618. The molecule has 2 aromatic heterocycles. The quantitative estimate of drug-likeness (QED) is 0.179. The van der Waals surface area contributed by atoms with E-state index in [-0.39, 0.29) is 0 Å². The normalized spacial score (nSPS) is 11.6. The molecule has 0 saturated carbocycles. The first-order valence-corrected chi connectivity index (χ1v) is 18.6. The monoisotopic (exact) mass is 700 g/mol. The topological polar surface area (TPSA) is 43.6 Å². The maximum Gasteiger partial charge on any atom is 0.166 e. The van der Waals surface area contributed by atoms with Crippen LogP contribution in [0.15, 0.2) is 194 Å². The van der Waals surface area contributed by atoms with Gasteiger partial charge < -0.3 is 4.57 Å². The van der Waals surface area contributed by atoms with Crippen LogP contribution in [0.5, 0.6) is 0 Å². The standard InChI is InChI=1S/C51H32N4/c1-2-12-33(13-3-1)35-22-25-37(26-23-35)49-52-50(41-27-24-34-14-4-5-16-38(34)30-41)54-51(53-49)43-20-10-11-21-45(43)55-46-29-28-36-15-8-9-19-42(36)48(46)44-31-39-17-6-7-18-40(39)32-47(44)55/h1-32H. The molecular formula is C51H32N4. The van der Waals surface area contributed by atoms with Crippen molar-refractivity contribution in [2.75, 3.05) is 0 Å². The summed E-state index contributed by atoms with van der Waals surface area (Å²) in [6, 6.07) is 68.7. The van der Waals surface area contributed by atoms with Crippen LogP contribution in [-0.2, 0) is 0 Å². The molecule has 0 bridgehead atoms. The Morgan fingerprint density at radius 2 is 0.855 bits per heavy atom. The number of hydrogen-bond acceptors (Lipinski definition) is 3. The average molecular weight is 701 g/mol. The third-order valence-electron chi connectivity index (χ3n) is 10.8. The van der Waals surface area contributed by atoms with E-state index in [2.05, 4.69) is 193 Å². The van der Waals surface area contributed by atoms with Crippen LogP contribution >= 0.6 is 0 Å². The van der Waals surface area contributed by atoms with Gasteiger partial charge in [0.15, 0.2) is 17.5 Å². The molecule has 0 spiro atoms. The number of aromatic nitrogens is 4. The second kappa shape index (κ2) is 12.6. The molecule has 9 aromatic carbocycles. The zero-order chi connectivity index (χ0) is 36.3. The van der Waals surface area contributed by atoms with Crippen LogP contribution in [0.1, 0.15) is 0 Å². The first-order valence-electron chi connectivity index (χ1n) is 18.6. The molecule has 0 atom stereocenters. The van der Waals surface area contributed by atoms with Gasteiger partial charge in [-0.05, 0) is 79.8 Å². The van der Waals surface area contributed by atoms with E-state index in [1.165, 1.54) is 43.3 Å². The first kappa shape index (κ1) is 31.1. The Balaban J connectivity index is 1.16. The van der Waals surface area contributed by atoms with Crippen LogP contribution in [0.2, 0.25) is 0 Å². The summed E-state index contributed by atoms with van der Waals surface area (Å²) in [5.74, 6) is 1.88. The van der Waals surface area contributed by atoms with Crippen LogP contribution in [0.4, 0.5) is 0 Å². The fourth-order valence-electron chi connectivity index (χ4n) is 8.12. The smallest absolute Gasteiger partial charge is 0.166 e. The fraction of sp³-hybridized carbons (Fsp3) is 0. The molecule has 0 amide bonds. The van der Waals surface area contributed by atoms with E-state index < -0.39 is 0 Å². The summed E-state index contributed by atoms with van der Waals surface area (Å²) in [7, 11) is 0. The summed E-state index contributed by atoms with van der Waals surface area (Å²) >= 11 is 0. The van der Waals surface area contributed by atoms with Gasteiger partial charge in [-0.1, -0.05) is 158 Å². The van der Waals surface area contributed by atoms with Crippen molar-refractivity contribution in [2.24, 2.45) is 0 Å². The highest BCUT2D eigenvalue weighted by Gasteiger charge is 2.21. The second-order valence-corrected chi connectivity index (χ2v) is 14.1. The van der Waals surface area contributed by atoms with Gasteiger partial charge in [0.1, 0.15) is 0 Å². The van der Waals surface area contributed by atoms with Crippen LogP contribution in [0.25, 0.3) is 105 Å². The molecule has 0 N–H and O–H groups in total. The zero-order valence-electron chi connectivity index (χ0n) is 29.8. The number of rotatable bonds is 5. The molecule has 0 saturated heterocycles. The summed E-state index contributed by atoms with van der Waals surface area (Å²) in [5, 5.41) is 9.63. The van der Waals surface area contributed by atoms with E-state index in [1.807, 2.05) is 6.07 Å². The van der Waals surface area contributed by atoms with Crippen LogP contribution in [0, 0.1) is 0 Å². The highest BCUT2D eigenvalue weighted by atomic mass is 15.1. The summed E-state index contributed by atoms with van der Waals surface area (Å²) in [6.07, 6.45) is 0. The summed E-state index contributed by atoms with van der Waals surface area (Å²) in [4.78, 5) is 15.7. The fourth-order valence-corrected chi connectivity index (χ4v) is 8.12. The number of nitrogens with zero attached hydrogens (tertiary/aromatic N) is 4. The van der Waals surface area contributed by atoms with E-state index in [1.54, 1.807) is 0 Å². The molecule has 0 aliphatic rings. The molecule has 0 fully saturated rings. The lowest BCUT2D eigenvalue weighted by Crippen LogP contribution is -2.03. The molecule has 2 heterocycles. The van der Waals surface area contributed by atoms with Crippen molar-refractivity contribution >= 4 is 54.1 Å². The Bertz CT molecular complexity index is 3250. The number of hydrogen-bond donors (Lipinski definition) is 0. The van der Waals surface area contributed by atoms with Gasteiger partial charge in [0.25, 0.3) is 0 Å². The lowest BCUT2D eigenvalue weighted by atomic mass is 10.0. The van der Waals surface area contributed by atoms with Gasteiger partial charge in [0.2, 0.25) is 0 Å². The van der Waals surface area contributed by atoms with Gasteiger partial charge in [0, 0.05) is 27.5 Å². The molecule has 256 valence electrons. The van der Waals surface area contributed by atoms with E-state index in [4.69, 9.17) is 15.0 Å². The van der Waals surface area contributed by atoms with E-state index in [9.17, 15) is 0 Å². The number of fused-ring (bicyclic) bond motifs is 7. The molecule has 0 unspecified atom stereocenters. The van der Waals surface area contributed by atoms with Crippen LogP contribution in [-0.4, -0.2) is 19.5 Å². The first-order chi connectivity index (χ1) is 27.2. The Kier molecular flexibility index (Phi) is 7.14. The van der Waals surface area contributed by atoms with Crippen molar-refractivity contribution in [3.8, 4) is 51.0 Å². The van der Waals surface area contributed by atoms with Crippen molar-refractivity contribution in [3.05, 3.63) is 194 Å². The van der Waals surface area contributed by atoms with Gasteiger partial charge in [-0.2, -0.15) is 0 Å². The van der Waals surface area contributed by atoms with E-state index in [0.717, 1.165) is 44.4 Å². The molecule has 55 heavy (non-hydrogen) atoms. The Hall–Kier alpha value is -7.43. The maximum atomic E-state index is 5.27. The van der Waals surface area contributed by atoms with Crippen molar-refractivity contribution in [3.63, 3.8) is 0 Å². The molecule has 4 nitrogen and oxygen atoms in total. The summed E-state index contributed by atoms with van der Waals surface area (Å²) in [6.45, 7) is 0. The zero-order valence-corrected chi connectivity index (χ0v) is 29.8. The van der Waals surface area contributed by atoms with Crippen molar-refractivity contribution in [1.29, 1.82) is 0 Å². The molecule has 0 radical (unpaired) electrons. The van der Waals surface area contributed by atoms with Crippen molar-refractivity contribution < 1.29 is 0 Å². The molecule has 0 aliphatic heterocycles. The predicted molar refractivity (Wildman–Crippen MR) is 228 cm³/mol. The lowest BCUT2D eigenvalue weighted by Gasteiger charge is -2.15. The van der Waals surface area contributed by atoms with Crippen molar-refractivity contribution in [1.82, 2.24) is 19.5 Å². The SMILES string of the molecule is c1ccc(-c2ccc(-c3nc(-c4ccc5ccccc5c4)nc(-c4ccccc4-n4c5cc6ccccc6cc5c5c6ccccc6ccc54)n3)cc2)cc1. The van der Waals surface area contributed by atoms with Gasteiger partial charge in [-0.25, -0.2) is 15.0 Å². The Labute approximate surface area is 317 Å². The van der Waals surface area contributed by atoms with Crippen molar-refractivity contribution in [2.45, 2.75) is 0 Å². The minimum absolute atomic E-state index is 0.618. The molecule has 0 aliphatic carbocycles. The third kappa shape index (κ3) is 5.26. The Morgan fingerprint density at radius 3 is 1.65 bits per heavy atom. The molecule has 11 rings (SSSR count). The van der Waals surface area contributed by atoms with E-state index in [0.29, 0.717) is 17.5 Å². The second-order valence-electron chi connectivity index (χ2n) is 14.1. The predicted octanol–water partition coefficient (Wildman–Crippen LogP) is 13.1. The average Bonchev–Trinajstić information content (AvgIpc) is 3.59. The molecule has 11 aromatic rings. The number of benzene rings is 9. The van der Waals surface area contributed by atoms with E-state index >= 15 is 0 Å². The lowest BCUT2D eigenvalue weighted by molar-refractivity contribution is 1.07. The third-order valence-corrected chi connectivity index (χ3v) is 10.8. The largest absolute Gasteiger partial charge is 0.308 e. The van der Waals surface area contributed by atoms with Crippen LogP contribution in [0.3, 0.4) is 0 Å². The van der Waals surface area contributed by atoms with Gasteiger partial charge in [0.05, 0.1) is 16.7 Å². The molecular weight excluding hydrogens is 669 g/mol. The maximum absolute atomic E-state index is 5.27. The van der Waals surface area contributed by atoms with Gasteiger partial charge >= 0.3 is 0 Å². The summed E-state index contributed by atoms with van der Waals surface area (Å²) in [5.41, 5.74) is 8.39. The highest BCUT2D eigenvalue weighted by molar-refractivity contribution is 6.23.